The molecule has 5 amide bonds. The normalized spacial score (nSPS) is 19.0. The minimum atomic E-state index is -2.33. The molecule has 6 rings (SSSR count). The first-order valence-corrected chi connectivity index (χ1v) is 16.7. The maximum absolute atomic E-state index is 13.3. The van der Waals surface area contributed by atoms with Gasteiger partial charge in [0.05, 0.1) is 11.4 Å². The van der Waals surface area contributed by atoms with Crippen molar-refractivity contribution in [3.63, 3.8) is 0 Å². The average Bonchev–Trinajstić information content (AvgIpc) is 3.89. The Balaban J connectivity index is 1.11. The number of tetrazole rings is 1. The first kappa shape index (κ1) is 35.7. The number of aryl methyl sites for hydroxylation is 1. The van der Waals surface area contributed by atoms with Gasteiger partial charge in [-0.1, -0.05) is 41.9 Å². The standard InChI is InChI=1S/C34H36ClN11O6/c1-44(2)23-15-16-45(18-23)33(52)37-22-11-7-20(8-12-22)9-14-28(47)39-29-24-5-3-4-6-25(24)40-34(29,32(50)51)41-31(49)30(48)38-26-17-21(35)10-13-27(26)46-19-36-42-43-46/h3-8,10-13,17,19,23,29,40H,9,14-16,18H2,1-2H3,(H,37,52)(H,38,48)(H,39,47)(H,41,49)(H,50,51)/t23-,29?,34-/m0/s1. The number of carboxylic acid groups (broad SMARTS) is 1. The number of nitrogens with one attached hydrogen (secondary N) is 5. The molecule has 270 valence electrons. The maximum atomic E-state index is 13.3. The van der Waals surface area contributed by atoms with Crippen molar-refractivity contribution in [3.05, 3.63) is 89.2 Å². The lowest BCUT2D eigenvalue weighted by Crippen LogP contribution is -2.65. The summed E-state index contributed by atoms with van der Waals surface area (Å²) in [6.45, 7) is 1.33. The number of nitrogens with zero attached hydrogens (tertiary/aromatic N) is 6. The molecule has 1 fully saturated rings. The van der Waals surface area contributed by atoms with Gasteiger partial charge in [-0.15, -0.1) is 5.10 Å². The van der Waals surface area contributed by atoms with Gasteiger partial charge in [-0.3, -0.25) is 14.4 Å². The summed E-state index contributed by atoms with van der Waals surface area (Å²) in [6.07, 6.45) is 2.46. The van der Waals surface area contributed by atoms with E-state index in [1.165, 1.54) is 29.2 Å². The third kappa shape index (κ3) is 7.64. The molecule has 1 aromatic heterocycles. The molecule has 18 heteroatoms. The van der Waals surface area contributed by atoms with E-state index in [2.05, 4.69) is 47.0 Å². The number of carboxylic acids is 1. The highest BCUT2D eigenvalue weighted by atomic mass is 35.5. The molecule has 2 aliphatic heterocycles. The van der Waals surface area contributed by atoms with Gasteiger partial charge < -0.3 is 41.5 Å². The molecule has 0 aliphatic carbocycles. The minimum Gasteiger partial charge on any atom is -0.478 e. The molecule has 4 aromatic rings. The van der Waals surface area contributed by atoms with Gasteiger partial charge in [0.25, 0.3) is 0 Å². The van der Waals surface area contributed by atoms with Crippen LogP contribution in [0.4, 0.5) is 21.9 Å². The second kappa shape index (κ2) is 15.0. The van der Waals surface area contributed by atoms with E-state index >= 15 is 0 Å². The van der Waals surface area contributed by atoms with E-state index in [1.54, 1.807) is 53.4 Å². The number of carbonyl (C=O) groups excluding carboxylic acids is 4. The van der Waals surface area contributed by atoms with E-state index in [1.807, 2.05) is 14.1 Å². The van der Waals surface area contributed by atoms with Gasteiger partial charge in [-0.2, -0.15) is 4.68 Å². The largest absolute Gasteiger partial charge is 0.478 e. The summed E-state index contributed by atoms with van der Waals surface area (Å²) < 4.78 is 1.24. The zero-order valence-corrected chi connectivity index (χ0v) is 28.9. The molecule has 0 saturated carbocycles. The highest BCUT2D eigenvalue weighted by Gasteiger charge is 2.55. The van der Waals surface area contributed by atoms with Crippen LogP contribution in [0.5, 0.6) is 0 Å². The van der Waals surface area contributed by atoms with Gasteiger partial charge in [0.15, 0.2) is 0 Å². The number of hydrogen-bond donors (Lipinski definition) is 6. The molecule has 17 nitrogen and oxygen atoms in total. The molecule has 52 heavy (non-hydrogen) atoms. The molecule has 0 radical (unpaired) electrons. The molecule has 6 N–H and O–H groups in total. The van der Waals surface area contributed by atoms with Crippen molar-refractivity contribution in [1.82, 2.24) is 40.6 Å². The summed E-state index contributed by atoms with van der Waals surface area (Å²) in [4.78, 5) is 69.4. The molecule has 1 unspecified atom stereocenters. The Bertz CT molecular complexity index is 1990. The molecule has 3 heterocycles. The van der Waals surface area contributed by atoms with Gasteiger partial charge in [-0.25, -0.2) is 9.59 Å². The summed E-state index contributed by atoms with van der Waals surface area (Å²) >= 11 is 6.13. The van der Waals surface area contributed by atoms with Crippen LogP contribution in [0.25, 0.3) is 5.69 Å². The van der Waals surface area contributed by atoms with Crippen LogP contribution < -0.4 is 26.6 Å². The number of aliphatic carboxylic acids is 1. The van der Waals surface area contributed by atoms with Crippen molar-refractivity contribution in [2.75, 3.05) is 43.1 Å². The molecule has 3 atom stereocenters. The molecular formula is C34H36ClN11O6. The number of halogens is 1. The predicted molar refractivity (Wildman–Crippen MR) is 190 cm³/mol. The number of anilines is 3. The number of amides is 5. The predicted octanol–water partition coefficient (Wildman–Crippen LogP) is 2.23. The number of aromatic nitrogens is 4. The minimum absolute atomic E-state index is 0.0249. The van der Waals surface area contributed by atoms with Crippen LogP contribution in [0.15, 0.2) is 73.1 Å². The van der Waals surface area contributed by atoms with Crippen molar-refractivity contribution in [3.8, 4) is 5.69 Å². The third-order valence-electron chi connectivity index (χ3n) is 9.03. The van der Waals surface area contributed by atoms with Crippen molar-refractivity contribution in [2.24, 2.45) is 0 Å². The van der Waals surface area contributed by atoms with E-state index in [9.17, 15) is 29.1 Å². The van der Waals surface area contributed by atoms with E-state index in [0.717, 1.165) is 12.0 Å². The van der Waals surface area contributed by atoms with Crippen LogP contribution in [0, 0.1) is 0 Å². The highest BCUT2D eigenvalue weighted by molar-refractivity contribution is 6.40. The number of carbonyl (C=O) groups is 5. The first-order valence-electron chi connectivity index (χ1n) is 16.3. The van der Waals surface area contributed by atoms with Crippen molar-refractivity contribution >= 4 is 58.4 Å². The molecule has 0 spiro atoms. The van der Waals surface area contributed by atoms with Gasteiger partial charge in [0.1, 0.15) is 12.4 Å². The number of likely N-dealkylation sites (tertiary alicyclic amines) is 1. The molecular weight excluding hydrogens is 694 g/mol. The molecule has 1 saturated heterocycles. The van der Waals surface area contributed by atoms with E-state index in [0.29, 0.717) is 48.2 Å². The lowest BCUT2D eigenvalue weighted by atomic mass is 9.96. The number of urea groups is 1. The Labute approximate surface area is 302 Å². The molecule has 0 bridgehead atoms. The van der Waals surface area contributed by atoms with Crippen molar-refractivity contribution < 1.29 is 29.1 Å². The van der Waals surface area contributed by atoms with Crippen molar-refractivity contribution in [2.45, 2.75) is 37.0 Å². The Kier molecular flexibility index (Phi) is 10.3. The first-order chi connectivity index (χ1) is 24.9. The second-order valence-electron chi connectivity index (χ2n) is 12.6. The Morgan fingerprint density at radius 2 is 1.79 bits per heavy atom. The summed E-state index contributed by atoms with van der Waals surface area (Å²) in [5, 5.41) is 34.9. The molecule has 3 aromatic carbocycles. The second-order valence-corrected chi connectivity index (χ2v) is 13.1. The average molecular weight is 730 g/mol. The zero-order chi connectivity index (χ0) is 37.0. The monoisotopic (exact) mass is 729 g/mol. The smallest absolute Gasteiger partial charge is 0.353 e. The Morgan fingerprint density at radius 1 is 1.02 bits per heavy atom. The SMILES string of the molecule is CN(C)[C@H]1CCN(C(=O)Nc2ccc(CCC(=O)NC3c4ccccc4N[C@@]3(NC(=O)C(=O)Nc3cc(Cl)ccc3-n3cnnn3)C(=O)O)cc2)C1. The number of hydrogen-bond acceptors (Lipinski definition) is 10. The fourth-order valence-corrected chi connectivity index (χ4v) is 6.36. The fourth-order valence-electron chi connectivity index (χ4n) is 6.19. The lowest BCUT2D eigenvalue weighted by Gasteiger charge is -2.33. The van der Waals surface area contributed by atoms with E-state index < -0.39 is 35.4 Å². The summed E-state index contributed by atoms with van der Waals surface area (Å²) in [5.74, 6) is -4.56. The lowest BCUT2D eigenvalue weighted by molar-refractivity contribution is -0.149. The molecule has 2 aliphatic rings. The van der Waals surface area contributed by atoms with Gasteiger partial charge in [-0.05, 0) is 79.3 Å². The van der Waals surface area contributed by atoms with Gasteiger partial charge in [0.2, 0.25) is 11.6 Å². The van der Waals surface area contributed by atoms with Crippen LogP contribution in [-0.2, 0) is 25.6 Å². The number of para-hydroxylation sites is 1. The fraction of sp³-hybridized carbons (Fsp3) is 0.294. The van der Waals surface area contributed by atoms with Crippen LogP contribution in [0.2, 0.25) is 5.02 Å². The summed E-state index contributed by atoms with van der Waals surface area (Å²) in [7, 11) is 3.99. The Hall–Kier alpha value is -6.07. The number of fused-ring (bicyclic) bond motifs is 1. The van der Waals surface area contributed by atoms with E-state index in [4.69, 9.17) is 11.6 Å². The van der Waals surface area contributed by atoms with E-state index in [-0.39, 0.29) is 23.2 Å². The topological polar surface area (TPSA) is 216 Å². The third-order valence-corrected chi connectivity index (χ3v) is 9.26. The van der Waals surface area contributed by atoms with Crippen molar-refractivity contribution in [1.29, 1.82) is 0 Å². The Morgan fingerprint density at radius 3 is 2.48 bits per heavy atom. The van der Waals surface area contributed by atoms with Crippen LogP contribution in [-0.4, -0.2) is 104 Å². The quantitative estimate of drug-likeness (QED) is 0.130. The number of likely N-dealkylation sites (N-methyl/N-ethyl adjacent to an activating group) is 1. The van der Waals surface area contributed by atoms with Gasteiger partial charge in [0, 0.05) is 47.5 Å². The summed E-state index contributed by atoms with van der Waals surface area (Å²) in [5.41, 5.74) is 0.205. The number of benzene rings is 3. The zero-order valence-electron chi connectivity index (χ0n) is 28.2. The van der Waals surface area contributed by atoms with Crippen LogP contribution >= 0.6 is 11.6 Å². The van der Waals surface area contributed by atoms with Crippen LogP contribution in [0.3, 0.4) is 0 Å². The summed E-state index contributed by atoms with van der Waals surface area (Å²) in [6, 6.07) is 16.9. The van der Waals surface area contributed by atoms with Gasteiger partial charge >= 0.3 is 23.8 Å². The van der Waals surface area contributed by atoms with Crippen LogP contribution in [0.1, 0.15) is 30.0 Å². The maximum Gasteiger partial charge on any atom is 0.353 e. The highest BCUT2D eigenvalue weighted by Crippen LogP contribution is 2.40. The number of rotatable bonds is 10.